The lowest BCUT2D eigenvalue weighted by Crippen LogP contribution is -2.15. The number of aryl methyl sites for hydroxylation is 2. The number of hydrogen-bond acceptors (Lipinski definition) is 2. The largest absolute Gasteiger partial charge is 0.319 e. The van der Waals surface area contributed by atoms with Gasteiger partial charge in [-0.05, 0) is 30.5 Å². The molecule has 1 aromatic heterocycles. The number of hydrogen-bond donors (Lipinski definition) is 1. The third-order valence-electron chi connectivity index (χ3n) is 2.79. The van der Waals surface area contributed by atoms with Gasteiger partial charge in [-0.15, -0.1) is 0 Å². The van der Waals surface area contributed by atoms with Crippen molar-refractivity contribution in [2.75, 3.05) is 0 Å². The van der Waals surface area contributed by atoms with Crippen LogP contribution in [0.15, 0.2) is 16.9 Å². The molecule has 0 aliphatic rings. The second-order valence-corrected chi connectivity index (χ2v) is 4.51. The maximum absolute atomic E-state index is 11.7. The Morgan fingerprint density at radius 2 is 2.19 bits per heavy atom. The van der Waals surface area contributed by atoms with E-state index in [1.54, 1.807) is 0 Å². The monoisotopic (exact) mass is 328 g/mol. The van der Waals surface area contributed by atoms with Gasteiger partial charge in [-0.3, -0.25) is 4.79 Å². The molecule has 0 radical (unpaired) electrons. The minimum atomic E-state index is -0.0660. The van der Waals surface area contributed by atoms with Crippen LogP contribution >= 0.6 is 22.6 Å². The van der Waals surface area contributed by atoms with E-state index >= 15 is 0 Å². The van der Waals surface area contributed by atoms with Gasteiger partial charge in [0.2, 0.25) is 0 Å². The molecule has 2 aromatic rings. The van der Waals surface area contributed by atoms with Gasteiger partial charge < -0.3 is 4.98 Å². The van der Waals surface area contributed by atoms with Crippen molar-refractivity contribution in [3.8, 4) is 0 Å². The molecular formula is C12H13IN2O. The van der Waals surface area contributed by atoms with Gasteiger partial charge in [0.15, 0.2) is 0 Å². The first-order valence-electron chi connectivity index (χ1n) is 5.24. The number of aromatic amines is 1. The summed E-state index contributed by atoms with van der Waals surface area (Å²) < 4.78 is 0.942. The predicted octanol–water partition coefficient (Wildman–Crippen LogP) is 2.73. The van der Waals surface area contributed by atoms with Crippen LogP contribution in [0, 0.1) is 6.92 Å². The molecule has 0 atom stereocenters. The summed E-state index contributed by atoms with van der Waals surface area (Å²) >= 11 is 2.32. The van der Waals surface area contributed by atoms with Crippen molar-refractivity contribution in [1.29, 1.82) is 0 Å². The quantitative estimate of drug-likeness (QED) is 0.681. The number of benzene rings is 1. The van der Waals surface area contributed by atoms with Crippen LogP contribution in [0.2, 0.25) is 0 Å². The molecule has 1 aromatic carbocycles. The van der Waals surface area contributed by atoms with Crippen LogP contribution in [0.5, 0.6) is 0 Å². The van der Waals surface area contributed by atoms with Gasteiger partial charge in [-0.2, -0.15) is 0 Å². The zero-order valence-electron chi connectivity index (χ0n) is 9.30. The molecule has 0 unspecified atom stereocenters. The fourth-order valence-corrected chi connectivity index (χ4v) is 2.58. The number of H-pyrrole nitrogens is 1. The van der Waals surface area contributed by atoms with Gasteiger partial charge in [-0.25, -0.2) is 4.98 Å². The van der Waals surface area contributed by atoms with Crippen molar-refractivity contribution < 1.29 is 0 Å². The molecular weight excluding hydrogens is 315 g/mol. The highest BCUT2D eigenvalue weighted by Gasteiger charge is 2.07. The minimum absolute atomic E-state index is 0.0660. The van der Waals surface area contributed by atoms with Gasteiger partial charge in [0.1, 0.15) is 5.69 Å². The lowest BCUT2D eigenvalue weighted by atomic mass is 10.1. The van der Waals surface area contributed by atoms with Crippen LogP contribution in [-0.4, -0.2) is 9.97 Å². The number of nitrogens with one attached hydrogen (secondary N) is 1. The Balaban J connectivity index is 2.81. The Bertz CT molecular complexity index is 589. The highest BCUT2D eigenvalue weighted by atomic mass is 127. The van der Waals surface area contributed by atoms with Crippen LogP contribution < -0.4 is 5.56 Å². The molecule has 3 nitrogen and oxygen atoms in total. The molecule has 0 spiro atoms. The van der Waals surface area contributed by atoms with E-state index in [-0.39, 0.29) is 5.56 Å². The highest BCUT2D eigenvalue weighted by Crippen LogP contribution is 2.19. The number of aromatic nitrogens is 2. The number of rotatable bonds is 2. The van der Waals surface area contributed by atoms with Crippen LogP contribution in [-0.2, 0) is 10.8 Å². The maximum atomic E-state index is 11.7. The van der Waals surface area contributed by atoms with E-state index in [4.69, 9.17) is 0 Å². The Morgan fingerprint density at radius 3 is 2.81 bits per heavy atom. The van der Waals surface area contributed by atoms with E-state index < -0.39 is 0 Å². The van der Waals surface area contributed by atoms with E-state index in [9.17, 15) is 4.79 Å². The highest BCUT2D eigenvalue weighted by molar-refractivity contribution is 14.1. The molecule has 2 rings (SSSR count). The number of alkyl halides is 1. The smallest absolute Gasteiger partial charge is 0.270 e. The first-order chi connectivity index (χ1) is 7.67. The molecule has 0 aliphatic heterocycles. The van der Waals surface area contributed by atoms with Crippen molar-refractivity contribution in [1.82, 2.24) is 9.97 Å². The summed E-state index contributed by atoms with van der Waals surface area (Å²) in [6.45, 7) is 3.97. The molecule has 0 bridgehead atoms. The molecule has 0 saturated carbocycles. The summed E-state index contributed by atoms with van der Waals surface area (Å²) in [4.78, 5) is 19.0. The summed E-state index contributed by atoms with van der Waals surface area (Å²) in [7, 11) is 0. The van der Waals surface area contributed by atoms with Crippen molar-refractivity contribution in [3.63, 3.8) is 0 Å². The Morgan fingerprint density at radius 1 is 1.44 bits per heavy atom. The number of nitrogens with zero attached hydrogens (tertiary/aromatic N) is 1. The van der Waals surface area contributed by atoms with Gasteiger partial charge in [0.25, 0.3) is 5.56 Å². The van der Waals surface area contributed by atoms with Crippen molar-refractivity contribution in [3.05, 3.63) is 39.3 Å². The van der Waals surface area contributed by atoms with Crippen LogP contribution in [0.4, 0.5) is 0 Å². The molecule has 0 aliphatic carbocycles. The molecule has 0 saturated heterocycles. The zero-order chi connectivity index (χ0) is 11.7. The third-order valence-corrected chi connectivity index (χ3v) is 3.61. The number of fused-ring (bicyclic) bond motifs is 1. The SMILES string of the molecule is CCc1nc2ccc(CI)c(C)c2[nH]c1=O. The van der Waals surface area contributed by atoms with E-state index in [2.05, 4.69) is 38.6 Å². The lowest BCUT2D eigenvalue weighted by molar-refractivity contribution is 0.994. The normalized spacial score (nSPS) is 10.9. The standard InChI is InChI=1S/C12H13IN2O/c1-3-9-12(16)15-11-7(2)8(6-13)4-5-10(11)14-9/h4-5H,3,6H2,1-2H3,(H,15,16). The van der Waals surface area contributed by atoms with Crippen molar-refractivity contribution in [2.24, 2.45) is 0 Å². The van der Waals surface area contributed by atoms with E-state index in [1.807, 2.05) is 19.9 Å². The van der Waals surface area contributed by atoms with Crippen LogP contribution in [0.3, 0.4) is 0 Å². The Kier molecular flexibility index (Phi) is 3.28. The average molecular weight is 328 g/mol. The van der Waals surface area contributed by atoms with E-state index in [1.165, 1.54) is 5.56 Å². The average Bonchev–Trinajstić information content (AvgIpc) is 2.30. The molecule has 84 valence electrons. The second kappa shape index (κ2) is 4.53. The topological polar surface area (TPSA) is 45.8 Å². The van der Waals surface area contributed by atoms with Gasteiger partial charge in [0, 0.05) is 4.43 Å². The third kappa shape index (κ3) is 1.86. The molecule has 1 N–H and O–H groups in total. The maximum Gasteiger partial charge on any atom is 0.270 e. The van der Waals surface area contributed by atoms with Gasteiger partial charge >= 0.3 is 0 Å². The zero-order valence-corrected chi connectivity index (χ0v) is 11.5. The Hall–Kier alpha value is -0.910. The van der Waals surface area contributed by atoms with Crippen molar-refractivity contribution >= 4 is 33.6 Å². The van der Waals surface area contributed by atoms with Crippen molar-refractivity contribution in [2.45, 2.75) is 24.7 Å². The first kappa shape index (κ1) is 11.6. The second-order valence-electron chi connectivity index (χ2n) is 3.74. The van der Waals surface area contributed by atoms with Gasteiger partial charge in [0.05, 0.1) is 11.0 Å². The molecule has 1 heterocycles. The summed E-state index contributed by atoms with van der Waals surface area (Å²) in [6.07, 6.45) is 0.665. The van der Waals surface area contributed by atoms with Crippen LogP contribution in [0.1, 0.15) is 23.7 Å². The fourth-order valence-electron chi connectivity index (χ4n) is 1.76. The fraction of sp³-hybridized carbons (Fsp3) is 0.333. The summed E-state index contributed by atoms with van der Waals surface area (Å²) in [5, 5.41) is 0. The molecule has 0 fully saturated rings. The van der Waals surface area contributed by atoms with E-state index in [0.29, 0.717) is 12.1 Å². The number of halogens is 1. The summed E-state index contributed by atoms with van der Waals surface area (Å²) in [6, 6.07) is 4.06. The molecule has 4 heteroatoms. The molecule has 0 amide bonds. The predicted molar refractivity (Wildman–Crippen MR) is 74.2 cm³/mol. The van der Waals surface area contributed by atoms with E-state index in [0.717, 1.165) is 21.0 Å². The summed E-state index contributed by atoms with van der Waals surface area (Å²) in [5.74, 6) is 0. The Labute approximate surface area is 107 Å². The lowest BCUT2D eigenvalue weighted by Gasteiger charge is -2.07. The minimum Gasteiger partial charge on any atom is -0.319 e. The first-order valence-corrected chi connectivity index (χ1v) is 6.77. The molecule has 16 heavy (non-hydrogen) atoms. The van der Waals surface area contributed by atoms with Gasteiger partial charge in [-0.1, -0.05) is 35.6 Å². The van der Waals surface area contributed by atoms with Crippen LogP contribution in [0.25, 0.3) is 11.0 Å². The summed E-state index contributed by atoms with van der Waals surface area (Å²) in [5.41, 5.74) is 4.66.